The summed E-state index contributed by atoms with van der Waals surface area (Å²) in [4.78, 5) is 4.13. The highest BCUT2D eigenvalue weighted by atomic mass is 16.3. The van der Waals surface area contributed by atoms with Crippen molar-refractivity contribution in [1.82, 2.24) is 5.32 Å². The molecule has 0 amide bonds. The number of guanidine groups is 1. The Kier molecular flexibility index (Phi) is 3.88. The van der Waals surface area contributed by atoms with Crippen molar-refractivity contribution in [2.24, 2.45) is 10.7 Å². The van der Waals surface area contributed by atoms with Crippen LogP contribution in [0.25, 0.3) is 0 Å². The van der Waals surface area contributed by atoms with Crippen molar-refractivity contribution in [3.05, 3.63) is 24.2 Å². The first kappa shape index (κ1) is 9.64. The van der Waals surface area contributed by atoms with Crippen LogP contribution in [-0.2, 0) is 6.54 Å². The number of aliphatic imine (C=N–C) groups is 1. The highest BCUT2D eigenvalue weighted by Gasteiger charge is 1.92. The molecule has 0 spiro atoms. The van der Waals surface area contributed by atoms with Crippen molar-refractivity contribution in [2.45, 2.75) is 19.9 Å². The standard InChI is InChI=1S/C9H15N3O/c1-2-4-11-9(10)12-6-8-3-5-13-7-8/h3,5,7H,2,4,6H2,1H3,(H3,10,11,12). The normalized spacial score (nSPS) is 11.6. The molecule has 1 rings (SSSR count). The first-order valence-corrected chi connectivity index (χ1v) is 4.37. The van der Waals surface area contributed by atoms with Crippen LogP contribution in [0, 0.1) is 0 Å². The molecule has 0 aliphatic heterocycles. The third-order valence-corrected chi connectivity index (χ3v) is 1.57. The molecule has 0 atom stereocenters. The smallest absolute Gasteiger partial charge is 0.188 e. The average molecular weight is 181 g/mol. The molecule has 0 radical (unpaired) electrons. The Balaban J connectivity index is 2.30. The summed E-state index contributed by atoms with van der Waals surface area (Å²) in [6, 6.07) is 1.87. The molecule has 0 unspecified atom stereocenters. The SMILES string of the molecule is CCCNC(N)=NCc1ccoc1. The number of rotatable bonds is 4. The number of furan rings is 1. The van der Waals surface area contributed by atoms with E-state index >= 15 is 0 Å². The first-order valence-electron chi connectivity index (χ1n) is 4.37. The van der Waals surface area contributed by atoms with Gasteiger partial charge in [0.05, 0.1) is 19.1 Å². The monoisotopic (exact) mass is 181 g/mol. The molecule has 0 bridgehead atoms. The zero-order valence-corrected chi connectivity index (χ0v) is 7.79. The lowest BCUT2D eigenvalue weighted by Crippen LogP contribution is -2.32. The number of hydrogen-bond acceptors (Lipinski definition) is 2. The van der Waals surface area contributed by atoms with Crippen molar-refractivity contribution in [3.63, 3.8) is 0 Å². The van der Waals surface area contributed by atoms with E-state index in [9.17, 15) is 0 Å². The van der Waals surface area contributed by atoms with Crippen LogP contribution >= 0.6 is 0 Å². The van der Waals surface area contributed by atoms with Gasteiger partial charge in [0.1, 0.15) is 0 Å². The summed E-state index contributed by atoms with van der Waals surface area (Å²) in [5, 5.41) is 2.99. The fourth-order valence-electron chi connectivity index (χ4n) is 0.868. The largest absolute Gasteiger partial charge is 0.472 e. The molecule has 0 fully saturated rings. The second-order valence-corrected chi connectivity index (χ2v) is 2.76. The average Bonchev–Trinajstić information content (AvgIpc) is 2.64. The summed E-state index contributed by atoms with van der Waals surface area (Å²) < 4.78 is 4.90. The summed E-state index contributed by atoms with van der Waals surface area (Å²) in [6.45, 7) is 3.51. The maximum absolute atomic E-state index is 5.58. The van der Waals surface area contributed by atoms with E-state index in [1.165, 1.54) is 0 Å². The summed E-state index contributed by atoms with van der Waals surface area (Å²) in [7, 11) is 0. The minimum Gasteiger partial charge on any atom is -0.472 e. The highest BCUT2D eigenvalue weighted by Crippen LogP contribution is 2.00. The molecule has 0 aliphatic rings. The number of nitrogens with two attached hydrogens (primary N) is 1. The van der Waals surface area contributed by atoms with E-state index in [0.29, 0.717) is 12.5 Å². The van der Waals surface area contributed by atoms with Crippen molar-refractivity contribution in [3.8, 4) is 0 Å². The fraction of sp³-hybridized carbons (Fsp3) is 0.444. The van der Waals surface area contributed by atoms with Gasteiger partial charge in [-0.1, -0.05) is 6.92 Å². The lowest BCUT2D eigenvalue weighted by atomic mass is 10.3. The van der Waals surface area contributed by atoms with E-state index in [2.05, 4.69) is 17.2 Å². The molecule has 0 saturated heterocycles. The molecular weight excluding hydrogens is 166 g/mol. The number of hydrogen-bond donors (Lipinski definition) is 2. The minimum atomic E-state index is 0.489. The summed E-state index contributed by atoms with van der Waals surface area (Å²) in [5.74, 6) is 0.489. The van der Waals surface area contributed by atoms with Gasteiger partial charge < -0.3 is 15.5 Å². The predicted octanol–water partition coefficient (Wildman–Crippen LogP) is 1.09. The summed E-state index contributed by atoms with van der Waals surface area (Å²) in [5.41, 5.74) is 6.61. The Labute approximate surface area is 77.8 Å². The predicted molar refractivity (Wildman–Crippen MR) is 52.3 cm³/mol. The van der Waals surface area contributed by atoms with E-state index in [4.69, 9.17) is 10.2 Å². The lowest BCUT2D eigenvalue weighted by molar-refractivity contribution is 0.564. The molecule has 13 heavy (non-hydrogen) atoms. The summed E-state index contributed by atoms with van der Waals surface area (Å²) >= 11 is 0. The molecule has 1 aromatic rings. The Bertz CT molecular complexity index is 254. The van der Waals surface area contributed by atoms with E-state index < -0.39 is 0 Å². The molecule has 0 aromatic carbocycles. The Hall–Kier alpha value is -1.45. The van der Waals surface area contributed by atoms with Gasteiger partial charge >= 0.3 is 0 Å². The van der Waals surface area contributed by atoms with Crippen LogP contribution in [0.4, 0.5) is 0 Å². The molecule has 0 saturated carbocycles. The van der Waals surface area contributed by atoms with Gasteiger partial charge in [0, 0.05) is 12.1 Å². The van der Waals surface area contributed by atoms with Crippen molar-refractivity contribution in [2.75, 3.05) is 6.54 Å². The van der Waals surface area contributed by atoms with Crippen LogP contribution in [0.3, 0.4) is 0 Å². The van der Waals surface area contributed by atoms with Crippen LogP contribution in [0.5, 0.6) is 0 Å². The van der Waals surface area contributed by atoms with E-state index in [1.54, 1.807) is 12.5 Å². The van der Waals surface area contributed by atoms with Gasteiger partial charge in [0.2, 0.25) is 0 Å². The lowest BCUT2D eigenvalue weighted by Gasteiger charge is -2.01. The number of nitrogens with one attached hydrogen (secondary N) is 1. The molecule has 1 heterocycles. The molecule has 1 aromatic heterocycles. The molecular formula is C9H15N3O. The second-order valence-electron chi connectivity index (χ2n) is 2.76. The van der Waals surface area contributed by atoms with Gasteiger partial charge in [-0.05, 0) is 12.5 Å². The van der Waals surface area contributed by atoms with Gasteiger partial charge in [-0.2, -0.15) is 0 Å². The zero-order valence-electron chi connectivity index (χ0n) is 7.79. The second kappa shape index (κ2) is 5.24. The van der Waals surface area contributed by atoms with E-state index in [1.807, 2.05) is 6.07 Å². The molecule has 4 heteroatoms. The minimum absolute atomic E-state index is 0.489. The van der Waals surface area contributed by atoms with Crippen LogP contribution < -0.4 is 11.1 Å². The first-order chi connectivity index (χ1) is 6.33. The van der Waals surface area contributed by atoms with Crippen LogP contribution in [-0.4, -0.2) is 12.5 Å². The van der Waals surface area contributed by atoms with Crippen LogP contribution in [0.15, 0.2) is 28.0 Å². The molecule has 0 aliphatic carbocycles. The Morgan fingerprint density at radius 3 is 3.15 bits per heavy atom. The van der Waals surface area contributed by atoms with Gasteiger partial charge in [-0.15, -0.1) is 0 Å². The van der Waals surface area contributed by atoms with E-state index in [0.717, 1.165) is 18.5 Å². The quantitative estimate of drug-likeness (QED) is 0.540. The fourth-order valence-corrected chi connectivity index (χ4v) is 0.868. The molecule has 4 nitrogen and oxygen atoms in total. The Morgan fingerprint density at radius 2 is 2.54 bits per heavy atom. The zero-order chi connectivity index (χ0) is 9.52. The number of nitrogens with zero attached hydrogens (tertiary/aromatic N) is 1. The maximum atomic E-state index is 5.58. The maximum Gasteiger partial charge on any atom is 0.188 e. The third kappa shape index (κ3) is 3.64. The molecule has 3 N–H and O–H groups in total. The topological polar surface area (TPSA) is 63.5 Å². The van der Waals surface area contributed by atoms with Crippen LogP contribution in [0.2, 0.25) is 0 Å². The Morgan fingerprint density at radius 1 is 1.69 bits per heavy atom. The van der Waals surface area contributed by atoms with Crippen molar-refractivity contribution >= 4 is 5.96 Å². The van der Waals surface area contributed by atoms with E-state index in [-0.39, 0.29) is 0 Å². The summed E-state index contributed by atoms with van der Waals surface area (Å²) in [6.07, 6.45) is 4.33. The van der Waals surface area contributed by atoms with Crippen LogP contribution in [0.1, 0.15) is 18.9 Å². The molecule has 72 valence electrons. The highest BCUT2D eigenvalue weighted by molar-refractivity contribution is 5.77. The van der Waals surface area contributed by atoms with Gasteiger partial charge in [0.25, 0.3) is 0 Å². The van der Waals surface area contributed by atoms with Gasteiger partial charge in [-0.25, -0.2) is 4.99 Å². The van der Waals surface area contributed by atoms with Gasteiger partial charge in [0.15, 0.2) is 5.96 Å². The third-order valence-electron chi connectivity index (χ3n) is 1.57. The van der Waals surface area contributed by atoms with Crippen molar-refractivity contribution in [1.29, 1.82) is 0 Å². The van der Waals surface area contributed by atoms with Gasteiger partial charge in [-0.3, -0.25) is 0 Å². The van der Waals surface area contributed by atoms with Crippen molar-refractivity contribution < 1.29 is 4.42 Å².